The third kappa shape index (κ3) is 8.90. The molecule has 4 heterocycles. The molecule has 5 rings (SSSR count). The van der Waals surface area contributed by atoms with E-state index in [0.717, 1.165) is 55.9 Å². The van der Waals surface area contributed by atoms with Gasteiger partial charge in [0.25, 0.3) is 0 Å². The Morgan fingerprint density at radius 2 is 1.68 bits per heavy atom. The van der Waals surface area contributed by atoms with E-state index in [1.165, 1.54) is 41.3 Å². The molecule has 2 saturated heterocycles. The molecule has 0 amide bonds. The fourth-order valence-electron chi connectivity index (χ4n) is 4.77. The van der Waals surface area contributed by atoms with Gasteiger partial charge in [-0.3, -0.25) is 0 Å². The van der Waals surface area contributed by atoms with E-state index in [9.17, 15) is 8.42 Å². The van der Waals surface area contributed by atoms with Crippen LogP contribution in [0.3, 0.4) is 0 Å². The van der Waals surface area contributed by atoms with Gasteiger partial charge in [-0.2, -0.15) is 10.1 Å². The van der Waals surface area contributed by atoms with Crippen LogP contribution in [0.15, 0.2) is 30.6 Å². The standard InChI is InChI=1S/C25H33N7.C2H6O2S.CH4OS/c1-16(2)19-5-6-22(32-12-9-18(32)4)21-14-26-23(13-20(19)21)28-24-15-27-30-25(29-24)31-10-7-17(3)8-11-31;1-5(2,3)4;1-3-2/h5-6,13-18H,7-12H2,1-4H3,(H,26,28,29,30);1-2H3;2H,1H3. The average Bonchev–Trinajstić information content (AvgIpc) is 2.88. The Morgan fingerprint density at radius 1 is 1.02 bits per heavy atom. The Kier molecular flexibility index (Phi) is 11.4. The first-order valence-corrected chi connectivity index (χ1v) is 17.1. The lowest BCUT2D eigenvalue weighted by molar-refractivity contribution is 0.433. The van der Waals surface area contributed by atoms with E-state index in [4.69, 9.17) is 14.5 Å². The van der Waals surface area contributed by atoms with Crippen molar-refractivity contribution < 1.29 is 13.0 Å². The van der Waals surface area contributed by atoms with Gasteiger partial charge in [-0.25, -0.2) is 13.4 Å². The Labute approximate surface area is 243 Å². The van der Waals surface area contributed by atoms with E-state index in [1.807, 2.05) is 6.20 Å². The average molecular weight is 590 g/mol. The first-order chi connectivity index (χ1) is 18.9. The van der Waals surface area contributed by atoms with Crippen molar-refractivity contribution >= 4 is 55.9 Å². The van der Waals surface area contributed by atoms with Gasteiger partial charge in [0.1, 0.15) is 15.7 Å². The van der Waals surface area contributed by atoms with Crippen molar-refractivity contribution in [3.05, 3.63) is 36.2 Å². The molecule has 0 bridgehead atoms. The lowest BCUT2D eigenvalue weighted by Crippen LogP contribution is -2.45. The molecule has 2 aliphatic heterocycles. The van der Waals surface area contributed by atoms with Gasteiger partial charge >= 0.3 is 0 Å². The summed E-state index contributed by atoms with van der Waals surface area (Å²) in [6.45, 7) is 12.2. The van der Waals surface area contributed by atoms with Crippen LogP contribution in [0.25, 0.3) is 10.8 Å². The highest BCUT2D eigenvalue weighted by Crippen LogP contribution is 2.37. The zero-order valence-electron chi connectivity index (χ0n) is 24.6. The smallest absolute Gasteiger partial charge is 0.247 e. The van der Waals surface area contributed by atoms with Gasteiger partial charge in [-0.1, -0.05) is 26.8 Å². The van der Waals surface area contributed by atoms with Crippen LogP contribution < -0.4 is 15.1 Å². The van der Waals surface area contributed by atoms with Crippen molar-refractivity contribution in [2.45, 2.75) is 58.9 Å². The van der Waals surface area contributed by atoms with Crippen LogP contribution in [0.5, 0.6) is 0 Å². The molecule has 0 saturated carbocycles. The summed E-state index contributed by atoms with van der Waals surface area (Å²) < 4.78 is 26.8. The molecular formula is C28H43N7O3S2. The maximum Gasteiger partial charge on any atom is 0.247 e. The number of fused-ring (bicyclic) bond motifs is 1. The van der Waals surface area contributed by atoms with Gasteiger partial charge in [-0.15, -0.1) is 5.10 Å². The van der Waals surface area contributed by atoms with Crippen LogP contribution in [0.1, 0.15) is 58.4 Å². The molecule has 2 fully saturated rings. The first kappa shape index (κ1) is 31.8. The fourth-order valence-corrected chi connectivity index (χ4v) is 4.77. The molecule has 1 unspecified atom stereocenters. The predicted octanol–water partition coefficient (Wildman–Crippen LogP) is 5.60. The topological polar surface area (TPSA) is 124 Å². The Hall–Kier alpha value is -2.70. The lowest BCUT2D eigenvalue weighted by atomic mass is 9.94. The monoisotopic (exact) mass is 589 g/mol. The molecule has 220 valence electrons. The third-order valence-electron chi connectivity index (χ3n) is 7.03. The summed E-state index contributed by atoms with van der Waals surface area (Å²) in [5.74, 6) is 3.36. The molecule has 12 heteroatoms. The number of aromatic nitrogens is 4. The second-order valence-electron chi connectivity index (χ2n) is 11.0. The van der Waals surface area contributed by atoms with Crippen LogP contribution >= 0.6 is 12.0 Å². The molecule has 2 aliphatic rings. The summed E-state index contributed by atoms with van der Waals surface area (Å²) in [4.78, 5) is 14.2. The number of rotatable bonds is 5. The van der Waals surface area contributed by atoms with Gasteiger partial charge < -0.3 is 19.7 Å². The zero-order valence-corrected chi connectivity index (χ0v) is 26.3. The molecule has 0 spiro atoms. The molecule has 2 N–H and O–H groups in total. The van der Waals surface area contributed by atoms with E-state index < -0.39 is 9.84 Å². The molecule has 3 aromatic rings. The number of hydrogen-bond acceptors (Lipinski definition) is 11. The van der Waals surface area contributed by atoms with Gasteiger partial charge in [-0.05, 0) is 73.1 Å². The van der Waals surface area contributed by atoms with Crippen molar-refractivity contribution in [1.82, 2.24) is 20.2 Å². The van der Waals surface area contributed by atoms with Crippen LogP contribution in [0.2, 0.25) is 0 Å². The highest BCUT2D eigenvalue weighted by atomic mass is 32.2. The van der Waals surface area contributed by atoms with Crippen molar-refractivity contribution in [1.29, 1.82) is 0 Å². The molecule has 0 aliphatic carbocycles. The summed E-state index contributed by atoms with van der Waals surface area (Å²) in [6, 6.07) is 7.29. The Balaban J connectivity index is 0.000000490. The lowest BCUT2D eigenvalue weighted by Gasteiger charge is -2.41. The van der Waals surface area contributed by atoms with Crippen molar-refractivity contribution in [2.24, 2.45) is 5.92 Å². The normalized spacial score (nSPS) is 17.5. The van der Waals surface area contributed by atoms with Crippen LogP contribution in [0, 0.1) is 5.92 Å². The highest BCUT2D eigenvalue weighted by Gasteiger charge is 2.26. The maximum atomic E-state index is 9.63. The second kappa shape index (κ2) is 14.3. The van der Waals surface area contributed by atoms with E-state index in [0.29, 0.717) is 23.7 Å². The van der Waals surface area contributed by atoms with Crippen molar-refractivity contribution in [3.63, 3.8) is 0 Å². The number of hydrogen-bond donors (Lipinski definition) is 2. The minimum atomic E-state index is -2.67. The van der Waals surface area contributed by atoms with Crippen LogP contribution in [-0.2, 0) is 9.84 Å². The molecular weight excluding hydrogens is 546 g/mol. The molecule has 1 atom stereocenters. The van der Waals surface area contributed by atoms with E-state index in [-0.39, 0.29) is 0 Å². The summed E-state index contributed by atoms with van der Waals surface area (Å²) in [5.41, 5.74) is 2.62. The first-order valence-electron chi connectivity index (χ1n) is 13.6. The number of sulfone groups is 1. The minimum Gasteiger partial charge on any atom is -0.368 e. The maximum absolute atomic E-state index is 9.63. The fraction of sp³-hybridized carbons (Fsp3) is 0.571. The van der Waals surface area contributed by atoms with E-state index in [1.54, 1.807) is 12.5 Å². The van der Waals surface area contributed by atoms with Gasteiger partial charge in [0.15, 0.2) is 5.82 Å². The number of benzene rings is 1. The Morgan fingerprint density at radius 3 is 2.23 bits per heavy atom. The van der Waals surface area contributed by atoms with E-state index in [2.05, 4.69) is 71.2 Å². The number of nitrogens with one attached hydrogen (secondary N) is 1. The minimum absolute atomic E-state index is 0.435. The molecule has 40 heavy (non-hydrogen) atoms. The van der Waals surface area contributed by atoms with Gasteiger partial charge in [0.05, 0.1) is 6.20 Å². The number of piperidine rings is 1. The molecule has 2 aromatic heterocycles. The summed E-state index contributed by atoms with van der Waals surface area (Å²) in [7, 11) is -2.67. The zero-order chi connectivity index (χ0) is 29.4. The second-order valence-corrected chi connectivity index (χ2v) is 13.7. The third-order valence-corrected chi connectivity index (χ3v) is 7.03. The number of nitrogens with zero attached hydrogens (tertiary/aromatic N) is 6. The summed E-state index contributed by atoms with van der Waals surface area (Å²) in [6.07, 6.45) is 11.2. The van der Waals surface area contributed by atoms with Crippen molar-refractivity contribution in [2.75, 3.05) is 53.5 Å². The highest BCUT2D eigenvalue weighted by molar-refractivity contribution is 7.93. The van der Waals surface area contributed by atoms with Gasteiger partial charge in [0.2, 0.25) is 5.95 Å². The van der Waals surface area contributed by atoms with Crippen molar-refractivity contribution in [3.8, 4) is 0 Å². The Bertz CT molecular complexity index is 1360. The quantitative estimate of drug-likeness (QED) is 0.361. The number of pyridine rings is 1. The summed E-state index contributed by atoms with van der Waals surface area (Å²) >= 11 is 0.750. The van der Waals surface area contributed by atoms with Crippen LogP contribution in [-0.4, -0.2) is 77.6 Å². The van der Waals surface area contributed by atoms with Crippen LogP contribution in [0.4, 0.5) is 23.3 Å². The largest absolute Gasteiger partial charge is 0.368 e. The number of anilines is 4. The predicted molar refractivity (Wildman–Crippen MR) is 168 cm³/mol. The summed E-state index contributed by atoms with van der Waals surface area (Å²) in [5, 5.41) is 14.3. The molecule has 0 radical (unpaired) electrons. The SMILES string of the molecule is CC1CCN(c2nncc(Nc3cc4c(C(C)C)ccc(N5CCC5C)c4cn3)n2)CC1.CS(C)(=O)=O.CSO. The van der Waals surface area contributed by atoms with E-state index >= 15 is 0 Å². The molecule has 10 nitrogen and oxygen atoms in total. The molecule has 1 aromatic carbocycles. The van der Waals surface area contributed by atoms with Gasteiger partial charge in [0, 0.05) is 61.7 Å².